The molecule has 0 bridgehead atoms. The van der Waals surface area contributed by atoms with Gasteiger partial charge in [0, 0.05) is 12.6 Å². The maximum absolute atomic E-state index is 12.1. The molecule has 1 aliphatic heterocycles. The number of nitrogens with one attached hydrogen (secondary N) is 1. The average molecular weight is 234 g/mol. The van der Waals surface area contributed by atoms with Gasteiger partial charge in [0.1, 0.15) is 0 Å². The van der Waals surface area contributed by atoms with E-state index in [2.05, 4.69) is 17.1 Å². The fourth-order valence-electron chi connectivity index (χ4n) is 2.46. The zero-order chi connectivity index (χ0) is 12.0. The molecular formula is C12H24F2N2. The van der Waals surface area contributed by atoms with Gasteiger partial charge < -0.3 is 10.2 Å². The van der Waals surface area contributed by atoms with Gasteiger partial charge in [-0.05, 0) is 45.2 Å². The standard InChI is InChI=1S/C12H24F2N2/c1-3-6-16-7-4-5-11(9-16)10(2)15-8-12(13)14/h10-12,15H,3-9H2,1-2H3. The normalized spacial score (nSPS) is 24.9. The van der Waals surface area contributed by atoms with Crippen molar-refractivity contribution < 1.29 is 8.78 Å². The third-order valence-electron chi connectivity index (χ3n) is 3.38. The minimum atomic E-state index is -2.24. The van der Waals surface area contributed by atoms with Crippen LogP contribution in [0.3, 0.4) is 0 Å². The molecule has 1 fully saturated rings. The van der Waals surface area contributed by atoms with Crippen molar-refractivity contribution in [3.05, 3.63) is 0 Å². The van der Waals surface area contributed by atoms with E-state index < -0.39 is 6.43 Å². The molecule has 2 nitrogen and oxygen atoms in total. The second-order valence-corrected chi connectivity index (χ2v) is 4.79. The van der Waals surface area contributed by atoms with Crippen molar-refractivity contribution in [2.75, 3.05) is 26.2 Å². The zero-order valence-electron chi connectivity index (χ0n) is 10.4. The van der Waals surface area contributed by atoms with Crippen LogP contribution in [0.4, 0.5) is 8.78 Å². The summed E-state index contributed by atoms with van der Waals surface area (Å²) in [6.07, 6.45) is 1.30. The van der Waals surface area contributed by atoms with Crippen LogP contribution in [0.1, 0.15) is 33.1 Å². The van der Waals surface area contributed by atoms with Gasteiger partial charge in [-0.25, -0.2) is 8.78 Å². The summed E-state index contributed by atoms with van der Waals surface area (Å²) in [6.45, 7) is 7.41. The molecule has 0 aromatic heterocycles. The highest BCUT2D eigenvalue weighted by atomic mass is 19.3. The minimum absolute atomic E-state index is 0.175. The Bertz CT molecular complexity index is 186. The van der Waals surface area contributed by atoms with Crippen molar-refractivity contribution in [3.63, 3.8) is 0 Å². The molecular weight excluding hydrogens is 210 g/mol. The van der Waals surface area contributed by atoms with E-state index in [4.69, 9.17) is 0 Å². The molecule has 0 aromatic rings. The number of alkyl halides is 2. The molecule has 1 aliphatic rings. The van der Waals surface area contributed by atoms with Gasteiger partial charge in [0.2, 0.25) is 0 Å². The number of likely N-dealkylation sites (tertiary alicyclic amines) is 1. The number of halogens is 2. The van der Waals surface area contributed by atoms with Gasteiger partial charge in [0.05, 0.1) is 6.54 Å². The largest absolute Gasteiger partial charge is 0.309 e. The molecule has 0 radical (unpaired) electrons. The van der Waals surface area contributed by atoms with Crippen molar-refractivity contribution in [2.45, 2.75) is 45.6 Å². The highest BCUT2D eigenvalue weighted by Crippen LogP contribution is 2.19. The first kappa shape index (κ1) is 13.8. The summed E-state index contributed by atoms with van der Waals surface area (Å²) in [5.41, 5.74) is 0. The van der Waals surface area contributed by atoms with Gasteiger partial charge >= 0.3 is 0 Å². The Morgan fingerprint density at radius 2 is 2.19 bits per heavy atom. The van der Waals surface area contributed by atoms with Crippen LogP contribution in [0.5, 0.6) is 0 Å². The Balaban J connectivity index is 2.28. The molecule has 0 aromatic carbocycles. The molecule has 1 N–H and O–H groups in total. The molecule has 4 heteroatoms. The van der Waals surface area contributed by atoms with Crippen LogP contribution in [-0.2, 0) is 0 Å². The van der Waals surface area contributed by atoms with E-state index in [-0.39, 0.29) is 12.6 Å². The maximum Gasteiger partial charge on any atom is 0.250 e. The van der Waals surface area contributed by atoms with E-state index in [1.807, 2.05) is 6.92 Å². The second kappa shape index (κ2) is 7.17. The monoisotopic (exact) mass is 234 g/mol. The molecule has 0 amide bonds. The van der Waals surface area contributed by atoms with Crippen molar-refractivity contribution >= 4 is 0 Å². The highest BCUT2D eigenvalue weighted by Gasteiger charge is 2.24. The minimum Gasteiger partial charge on any atom is -0.309 e. The van der Waals surface area contributed by atoms with Crippen molar-refractivity contribution in [2.24, 2.45) is 5.92 Å². The Labute approximate surface area is 97.4 Å². The van der Waals surface area contributed by atoms with Gasteiger partial charge in [-0.15, -0.1) is 0 Å². The third-order valence-corrected chi connectivity index (χ3v) is 3.38. The van der Waals surface area contributed by atoms with Crippen molar-refractivity contribution in [1.82, 2.24) is 10.2 Å². The third kappa shape index (κ3) is 4.74. The predicted octanol–water partition coefficient (Wildman–Crippen LogP) is 2.35. The average Bonchev–Trinajstić information content (AvgIpc) is 2.26. The number of nitrogens with zero attached hydrogens (tertiary/aromatic N) is 1. The van der Waals surface area contributed by atoms with E-state index in [0.717, 1.165) is 19.5 Å². The molecule has 2 unspecified atom stereocenters. The molecule has 1 rings (SSSR count). The fraction of sp³-hybridized carbons (Fsp3) is 1.00. The Morgan fingerprint density at radius 3 is 2.81 bits per heavy atom. The molecule has 0 saturated carbocycles. The molecule has 2 atom stereocenters. The first-order valence-electron chi connectivity index (χ1n) is 6.37. The quantitative estimate of drug-likeness (QED) is 0.759. The first-order valence-corrected chi connectivity index (χ1v) is 6.37. The second-order valence-electron chi connectivity index (χ2n) is 4.79. The Morgan fingerprint density at radius 1 is 1.44 bits per heavy atom. The van der Waals surface area contributed by atoms with Crippen LogP contribution in [0.15, 0.2) is 0 Å². The van der Waals surface area contributed by atoms with Gasteiger partial charge in [0.25, 0.3) is 6.43 Å². The zero-order valence-corrected chi connectivity index (χ0v) is 10.4. The Kier molecular flexibility index (Phi) is 6.21. The lowest BCUT2D eigenvalue weighted by atomic mass is 9.91. The number of piperidine rings is 1. The van der Waals surface area contributed by atoms with Gasteiger partial charge in [-0.2, -0.15) is 0 Å². The van der Waals surface area contributed by atoms with E-state index in [1.165, 1.54) is 19.4 Å². The highest BCUT2D eigenvalue weighted by molar-refractivity contribution is 4.80. The Hall–Kier alpha value is -0.220. The summed E-state index contributed by atoms with van der Waals surface area (Å²) in [6, 6.07) is 0.202. The number of hydrogen-bond donors (Lipinski definition) is 1. The molecule has 1 saturated heterocycles. The maximum atomic E-state index is 12.1. The van der Waals surface area contributed by atoms with E-state index in [9.17, 15) is 8.78 Å². The lowest BCUT2D eigenvalue weighted by Crippen LogP contribution is -2.45. The summed E-state index contributed by atoms with van der Waals surface area (Å²) < 4.78 is 24.2. The number of hydrogen-bond acceptors (Lipinski definition) is 2. The van der Waals surface area contributed by atoms with Crippen molar-refractivity contribution in [1.29, 1.82) is 0 Å². The molecule has 96 valence electrons. The fourth-order valence-corrected chi connectivity index (χ4v) is 2.46. The van der Waals surface area contributed by atoms with Crippen LogP contribution < -0.4 is 5.32 Å². The summed E-state index contributed by atoms with van der Waals surface area (Å²) in [5.74, 6) is 0.527. The topological polar surface area (TPSA) is 15.3 Å². The van der Waals surface area contributed by atoms with Crippen LogP contribution >= 0.6 is 0 Å². The molecule has 1 heterocycles. The summed E-state index contributed by atoms with van der Waals surface area (Å²) >= 11 is 0. The van der Waals surface area contributed by atoms with Crippen LogP contribution in [-0.4, -0.2) is 43.5 Å². The van der Waals surface area contributed by atoms with Gasteiger partial charge in [-0.1, -0.05) is 6.92 Å². The van der Waals surface area contributed by atoms with Gasteiger partial charge in [-0.3, -0.25) is 0 Å². The first-order chi connectivity index (χ1) is 7.63. The molecule has 0 spiro atoms. The lowest BCUT2D eigenvalue weighted by molar-refractivity contribution is 0.119. The van der Waals surface area contributed by atoms with E-state index in [0.29, 0.717) is 5.92 Å². The van der Waals surface area contributed by atoms with E-state index in [1.54, 1.807) is 0 Å². The summed E-state index contributed by atoms with van der Waals surface area (Å²) in [7, 11) is 0. The summed E-state index contributed by atoms with van der Waals surface area (Å²) in [4.78, 5) is 2.45. The van der Waals surface area contributed by atoms with Crippen molar-refractivity contribution in [3.8, 4) is 0 Å². The summed E-state index contributed by atoms with van der Waals surface area (Å²) in [5, 5.41) is 2.94. The molecule has 16 heavy (non-hydrogen) atoms. The van der Waals surface area contributed by atoms with E-state index >= 15 is 0 Å². The molecule has 0 aliphatic carbocycles. The predicted molar refractivity (Wildman–Crippen MR) is 62.9 cm³/mol. The van der Waals surface area contributed by atoms with Crippen LogP contribution in [0.2, 0.25) is 0 Å². The van der Waals surface area contributed by atoms with Crippen LogP contribution in [0.25, 0.3) is 0 Å². The number of rotatable bonds is 6. The lowest BCUT2D eigenvalue weighted by Gasteiger charge is -2.36. The van der Waals surface area contributed by atoms with Gasteiger partial charge in [0.15, 0.2) is 0 Å². The van der Waals surface area contributed by atoms with Crippen LogP contribution in [0, 0.1) is 5.92 Å². The smallest absolute Gasteiger partial charge is 0.250 e. The SMILES string of the molecule is CCCN1CCCC(C(C)NCC(F)F)C1.